The third kappa shape index (κ3) is 2.46. The molecular weight excluding hydrogens is 313 g/mol. The lowest BCUT2D eigenvalue weighted by atomic mass is 10.0. The molecule has 4 rings (SSSR count). The molecule has 0 bridgehead atoms. The maximum Gasteiger partial charge on any atom is 0.327 e. The molecule has 7 heteroatoms. The molecule has 2 saturated heterocycles. The number of oxazole rings is 1. The second kappa shape index (κ2) is 5.74. The molecule has 1 aromatic carbocycles. The van der Waals surface area contributed by atoms with Gasteiger partial charge in [-0.25, -0.2) is 14.2 Å². The van der Waals surface area contributed by atoms with Gasteiger partial charge in [-0.05, 0) is 43.5 Å². The maximum absolute atomic E-state index is 13.0. The van der Waals surface area contributed by atoms with E-state index in [1.54, 1.807) is 17.0 Å². The zero-order valence-corrected chi connectivity index (χ0v) is 12.9. The van der Waals surface area contributed by atoms with Crippen LogP contribution >= 0.6 is 0 Å². The minimum absolute atomic E-state index is 0.0926. The fraction of sp³-hybridized carbons (Fsp3) is 0.353. The number of fused-ring (bicyclic) bond motifs is 1. The van der Waals surface area contributed by atoms with Crippen LogP contribution in [-0.2, 0) is 11.3 Å². The second-order valence-electron chi connectivity index (χ2n) is 6.06. The average Bonchev–Trinajstić information content (AvgIpc) is 3.16. The highest BCUT2D eigenvalue weighted by Gasteiger charge is 2.45. The molecule has 2 fully saturated rings. The summed E-state index contributed by atoms with van der Waals surface area (Å²) in [6.45, 7) is 0.723. The number of nitrogens with zero attached hydrogens (tertiary/aromatic N) is 3. The maximum atomic E-state index is 13.0. The minimum Gasteiger partial charge on any atom is -0.444 e. The van der Waals surface area contributed by atoms with E-state index in [0.29, 0.717) is 23.7 Å². The van der Waals surface area contributed by atoms with Crippen LogP contribution in [0.15, 0.2) is 34.9 Å². The van der Waals surface area contributed by atoms with Gasteiger partial charge in [0.25, 0.3) is 5.91 Å². The normalized spacial score (nSPS) is 20.6. The molecule has 2 aromatic rings. The molecule has 3 heterocycles. The summed E-state index contributed by atoms with van der Waals surface area (Å²) in [6, 6.07) is 5.20. The van der Waals surface area contributed by atoms with Crippen molar-refractivity contribution in [3.05, 3.63) is 42.0 Å². The van der Waals surface area contributed by atoms with E-state index in [0.717, 1.165) is 19.3 Å². The van der Waals surface area contributed by atoms with E-state index in [2.05, 4.69) is 4.98 Å². The van der Waals surface area contributed by atoms with Crippen LogP contribution in [0, 0.1) is 5.82 Å². The fourth-order valence-corrected chi connectivity index (χ4v) is 3.26. The van der Waals surface area contributed by atoms with Gasteiger partial charge in [0.1, 0.15) is 18.1 Å². The first-order chi connectivity index (χ1) is 11.6. The lowest BCUT2D eigenvalue weighted by molar-refractivity contribution is -0.129. The van der Waals surface area contributed by atoms with E-state index in [4.69, 9.17) is 4.42 Å². The quantitative estimate of drug-likeness (QED) is 0.812. The first kappa shape index (κ1) is 14.9. The predicted octanol–water partition coefficient (Wildman–Crippen LogP) is 2.80. The Hall–Kier alpha value is -2.70. The van der Waals surface area contributed by atoms with Crippen LogP contribution < -0.4 is 0 Å². The van der Waals surface area contributed by atoms with Gasteiger partial charge in [-0.3, -0.25) is 9.69 Å². The highest BCUT2D eigenvalue weighted by atomic mass is 19.1. The Kier molecular flexibility index (Phi) is 3.55. The van der Waals surface area contributed by atoms with E-state index in [1.807, 2.05) is 0 Å². The smallest absolute Gasteiger partial charge is 0.327 e. The number of benzene rings is 1. The van der Waals surface area contributed by atoms with Gasteiger partial charge in [0.05, 0.1) is 12.2 Å². The number of hydrogen-bond donors (Lipinski definition) is 0. The Morgan fingerprint density at radius 3 is 2.75 bits per heavy atom. The number of imide groups is 1. The van der Waals surface area contributed by atoms with Gasteiger partial charge in [0.2, 0.25) is 5.89 Å². The monoisotopic (exact) mass is 329 g/mol. The summed E-state index contributed by atoms with van der Waals surface area (Å²) in [4.78, 5) is 32.0. The molecule has 0 saturated carbocycles. The Balaban J connectivity index is 1.52. The molecule has 0 unspecified atom stereocenters. The van der Waals surface area contributed by atoms with E-state index in [-0.39, 0.29) is 30.3 Å². The van der Waals surface area contributed by atoms with E-state index < -0.39 is 0 Å². The van der Waals surface area contributed by atoms with Crippen molar-refractivity contribution >= 4 is 11.9 Å². The van der Waals surface area contributed by atoms with E-state index >= 15 is 0 Å². The topological polar surface area (TPSA) is 66.7 Å². The fourth-order valence-electron chi connectivity index (χ4n) is 3.26. The molecule has 0 spiro atoms. The van der Waals surface area contributed by atoms with Crippen molar-refractivity contribution in [2.24, 2.45) is 0 Å². The van der Waals surface area contributed by atoms with Gasteiger partial charge in [-0.1, -0.05) is 0 Å². The molecule has 2 aliphatic heterocycles. The Morgan fingerprint density at radius 2 is 2.00 bits per heavy atom. The van der Waals surface area contributed by atoms with Crippen molar-refractivity contribution in [3.63, 3.8) is 0 Å². The van der Waals surface area contributed by atoms with Gasteiger partial charge >= 0.3 is 6.03 Å². The van der Waals surface area contributed by atoms with Crippen molar-refractivity contribution in [1.29, 1.82) is 0 Å². The summed E-state index contributed by atoms with van der Waals surface area (Å²) in [6.07, 6.45) is 4.05. The molecule has 0 radical (unpaired) electrons. The van der Waals surface area contributed by atoms with E-state index in [9.17, 15) is 14.0 Å². The summed E-state index contributed by atoms with van der Waals surface area (Å²) in [5, 5.41) is 0. The Morgan fingerprint density at radius 1 is 1.21 bits per heavy atom. The summed E-state index contributed by atoms with van der Waals surface area (Å²) >= 11 is 0. The molecule has 0 N–H and O–H groups in total. The summed E-state index contributed by atoms with van der Waals surface area (Å²) in [5.74, 6) is -0.164. The summed E-state index contributed by atoms with van der Waals surface area (Å²) in [5.41, 5.74) is 1.13. The molecule has 1 aromatic heterocycles. The molecule has 124 valence electrons. The minimum atomic E-state index is -0.338. The lowest BCUT2D eigenvalue weighted by Crippen LogP contribution is -2.38. The highest BCUT2D eigenvalue weighted by Crippen LogP contribution is 2.28. The van der Waals surface area contributed by atoms with Crippen LogP contribution in [0.5, 0.6) is 0 Å². The SMILES string of the molecule is O=C1[C@@H]2CCCCN2C(=O)N1Cc1coc(-c2ccc(F)cc2)n1. The van der Waals surface area contributed by atoms with Gasteiger partial charge in [-0.2, -0.15) is 0 Å². The third-order valence-electron chi connectivity index (χ3n) is 4.49. The van der Waals surface area contributed by atoms with Crippen molar-refractivity contribution in [3.8, 4) is 11.5 Å². The number of rotatable bonds is 3. The molecule has 1 atom stereocenters. The van der Waals surface area contributed by atoms with Crippen LogP contribution in [0.3, 0.4) is 0 Å². The predicted molar refractivity (Wildman–Crippen MR) is 82.2 cm³/mol. The first-order valence-corrected chi connectivity index (χ1v) is 7.96. The van der Waals surface area contributed by atoms with Crippen molar-refractivity contribution in [2.45, 2.75) is 31.8 Å². The van der Waals surface area contributed by atoms with Gasteiger partial charge in [0, 0.05) is 12.1 Å². The zero-order chi connectivity index (χ0) is 16.7. The van der Waals surface area contributed by atoms with Crippen LogP contribution in [-0.4, -0.2) is 39.3 Å². The standard InChI is InChI=1S/C17H16FN3O3/c18-12-6-4-11(5-7-12)15-19-13(10-24-15)9-21-16(22)14-3-1-2-8-20(14)17(21)23/h4-7,10,14H,1-3,8-9H2/t14-/m0/s1. The average molecular weight is 329 g/mol. The first-order valence-electron chi connectivity index (χ1n) is 7.96. The van der Waals surface area contributed by atoms with Crippen molar-refractivity contribution in [2.75, 3.05) is 6.54 Å². The van der Waals surface area contributed by atoms with Crippen LogP contribution in [0.25, 0.3) is 11.5 Å². The number of carbonyl (C=O) groups excluding carboxylic acids is 2. The molecular formula is C17H16FN3O3. The van der Waals surface area contributed by atoms with Gasteiger partial charge in [0.15, 0.2) is 0 Å². The number of amides is 3. The summed E-state index contributed by atoms with van der Waals surface area (Å²) < 4.78 is 18.4. The molecule has 2 aliphatic rings. The number of aromatic nitrogens is 1. The zero-order valence-electron chi connectivity index (χ0n) is 12.9. The number of carbonyl (C=O) groups is 2. The lowest BCUT2D eigenvalue weighted by Gasteiger charge is -2.25. The Bertz CT molecular complexity index is 763. The molecule has 6 nitrogen and oxygen atoms in total. The third-order valence-corrected chi connectivity index (χ3v) is 4.49. The number of piperidine rings is 1. The highest BCUT2D eigenvalue weighted by molar-refractivity contribution is 6.04. The number of urea groups is 1. The molecule has 0 aliphatic carbocycles. The van der Waals surface area contributed by atoms with Gasteiger partial charge in [-0.15, -0.1) is 0 Å². The van der Waals surface area contributed by atoms with Gasteiger partial charge < -0.3 is 9.32 Å². The largest absolute Gasteiger partial charge is 0.444 e. The van der Waals surface area contributed by atoms with Crippen LogP contribution in [0.2, 0.25) is 0 Å². The van der Waals surface area contributed by atoms with E-state index in [1.165, 1.54) is 23.3 Å². The second-order valence-corrected chi connectivity index (χ2v) is 6.06. The summed E-state index contributed by atoms with van der Waals surface area (Å²) in [7, 11) is 0. The van der Waals surface area contributed by atoms with Crippen LogP contribution in [0.4, 0.5) is 9.18 Å². The van der Waals surface area contributed by atoms with Crippen molar-refractivity contribution in [1.82, 2.24) is 14.8 Å². The number of hydrogen-bond acceptors (Lipinski definition) is 4. The van der Waals surface area contributed by atoms with Crippen molar-refractivity contribution < 1.29 is 18.4 Å². The number of halogens is 1. The Labute approximate surface area is 137 Å². The van der Waals surface area contributed by atoms with Crippen LogP contribution in [0.1, 0.15) is 25.0 Å². The molecule has 24 heavy (non-hydrogen) atoms. The molecule has 3 amide bonds.